The maximum Gasteiger partial charge on any atom is 0.224 e. The van der Waals surface area contributed by atoms with Crippen molar-refractivity contribution in [3.63, 3.8) is 0 Å². The second-order valence-electron chi connectivity index (χ2n) is 2.96. The van der Waals surface area contributed by atoms with E-state index in [0.717, 1.165) is 21.3 Å². The largest absolute Gasteiger partial charge is 0.345 e. The first-order chi connectivity index (χ1) is 6.84. The summed E-state index contributed by atoms with van der Waals surface area (Å²) in [5, 5.41) is 16.2. The summed E-state index contributed by atoms with van der Waals surface area (Å²) in [7, 11) is 0. The fourth-order valence-electron chi connectivity index (χ4n) is 1.49. The zero-order valence-corrected chi connectivity index (χ0v) is 7.93. The van der Waals surface area contributed by atoms with Crippen LogP contribution in [0, 0.1) is 5.41 Å². The van der Waals surface area contributed by atoms with Gasteiger partial charge in [0.05, 0.1) is 0 Å². The molecule has 5 heteroatoms. The molecule has 2 aromatic heterocycles. The standard InChI is InChI=1S/C9H6N4S/c10-9-13-12-7-5-3-1-2-4-6(5)11-8(7)14-9/h1-4,10-11H. The molecular weight excluding hydrogens is 196 g/mol. The monoisotopic (exact) mass is 202 g/mol. The fourth-order valence-corrected chi connectivity index (χ4v) is 2.17. The Hall–Kier alpha value is -1.75. The van der Waals surface area contributed by atoms with Crippen molar-refractivity contribution in [2.24, 2.45) is 0 Å². The van der Waals surface area contributed by atoms with Crippen molar-refractivity contribution in [3.05, 3.63) is 29.1 Å². The number of H-pyrrole nitrogens is 1. The molecule has 2 heterocycles. The van der Waals surface area contributed by atoms with Gasteiger partial charge in [0.1, 0.15) is 10.3 Å². The second-order valence-corrected chi connectivity index (χ2v) is 3.95. The van der Waals surface area contributed by atoms with E-state index in [1.807, 2.05) is 24.3 Å². The first-order valence-electron chi connectivity index (χ1n) is 4.13. The van der Waals surface area contributed by atoms with Crippen LogP contribution in [0.4, 0.5) is 0 Å². The van der Waals surface area contributed by atoms with Gasteiger partial charge in [0, 0.05) is 10.9 Å². The van der Waals surface area contributed by atoms with E-state index in [1.165, 1.54) is 11.3 Å². The van der Waals surface area contributed by atoms with E-state index in [1.54, 1.807) is 0 Å². The third-order valence-corrected chi connectivity index (χ3v) is 2.86. The molecule has 3 aromatic rings. The summed E-state index contributed by atoms with van der Waals surface area (Å²) in [5.74, 6) is 0. The van der Waals surface area contributed by atoms with Crippen molar-refractivity contribution in [2.75, 3.05) is 0 Å². The molecule has 0 radical (unpaired) electrons. The van der Waals surface area contributed by atoms with Gasteiger partial charge in [-0.25, -0.2) is 0 Å². The molecule has 0 saturated carbocycles. The minimum Gasteiger partial charge on any atom is -0.345 e. The van der Waals surface area contributed by atoms with Gasteiger partial charge >= 0.3 is 0 Å². The highest BCUT2D eigenvalue weighted by atomic mass is 32.1. The van der Waals surface area contributed by atoms with Crippen molar-refractivity contribution in [1.29, 1.82) is 5.41 Å². The molecule has 0 aliphatic rings. The lowest BCUT2D eigenvalue weighted by Crippen LogP contribution is -2.01. The Bertz CT molecular complexity index is 667. The van der Waals surface area contributed by atoms with Gasteiger partial charge in [0.15, 0.2) is 0 Å². The van der Waals surface area contributed by atoms with E-state index in [4.69, 9.17) is 5.41 Å². The smallest absolute Gasteiger partial charge is 0.224 e. The number of nitrogens with zero attached hydrogens (tertiary/aromatic N) is 2. The molecule has 0 fully saturated rings. The molecule has 0 spiro atoms. The summed E-state index contributed by atoms with van der Waals surface area (Å²) in [6.45, 7) is 0. The van der Waals surface area contributed by atoms with Crippen LogP contribution in [0.15, 0.2) is 24.3 Å². The van der Waals surface area contributed by atoms with Crippen LogP contribution in [0.5, 0.6) is 0 Å². The third-order valence-electron chi connectivity index (χ3n) is 2.09. The molecule has 0 atom stereocenters. The lowest BCUT2D eigenvalue weighted by atomic mass is 10.2. The molecule has 0 saturated heterocycles. The van der Waals surface area contributed by atoms with Crippen molar-refractivity contribution in [2.45, 2.75) is 0 Å². The molecule has 68 valence electrons. The first kappa shape index (κ1) is 7.64. The van der Waals surface area contributed by atoms with Gasteiger partial charge in [0.2, 0.25) is 4.80 Å². The molecule has 0 aliphatic heterocycles. The van der Waals surface area contributed by atoms with Crippen LogP contribution >= 0.6 is 11.3 Å². The number of nitrogens with one attached hydrogen (secondary N) is 2. The quantitative estimate of drug-likeness (QED) is 0.582. The molecule has 3 rings (SSSR count). The normalized spacial score (nSPS) is 11.1. The summed E-state index contributed by atoms with van der Waals surface area (Å²) in [6, 6.07) is 7.93. The Kier molecular flexibility index (Phi) is 1.43. The van der Waals surface area contributed by atoms with Gasteiger partial charge in [0.25, 0.3) is 0 Å². The van der Waals surface area contributed by atoms with Gasteiger partial charge in [-0.05, 0) is 6.07 Å². The van der Waals surface area contributed by atoms with E-state index >= 15 is 0 Å². The van der Waals surface area contributed by atoms with Gasteiger partial charge in [-0.1, -0.05) is 29.5 Å². The summed E-state index contributed by atoms with van der Waals surface area (Å²) in [6.07, 6.45) is 0. The molecule has 4 nitrogen and oxygen atoms in total. The van der Waals surface area contributed by atoms with E-state index < -0.39 is 0 Å². The zero-order valence-electron chi connectivity index (χ0n) is 7.11. The summed E-state index contributed by atoms with van der Waals surface area (Å²) in [4.78, 5) is 4.35. The highest BCUT2D eigenvalue weighted by Gasteiger charge is 2.04. The number of fused-ring (bicyclic) bond motifs is 3. The predicted octanol–water partition coefficient (Wildman–Crippen LogP) is 1.65. The maximum atomic E-state index is 7.38. The zero-order chi connectivity index (χ0) is 9.54. The second kappa shape index (κ2) is 2.62. The van der Waals surface area contributed by atoms with Gasteiger partial charge in [-0.2, -0.15) is 0 Å². The topological polar surface area (TPSA) is 65.4 Å². The van der Waals surface area contributed by atoms with Crippen LogP contribution in [0.3, 0.4) is 0 Å². The number of benzene rings is 1. The Balaban J connectivity index is 2.63. The highest BCUT2D eigenvalue weighted by Crippen LogP contribution is 2.22. The molecule has 0 unspecified atom stereocenters. The molecule has 1 aromatic carbocycles. The SMILES string of the molecule is N=c1nnc2c([nH]c3ccccc32)s1. The average Bonchev–Trinajstić information content (AvgIpc) is 2.54. The van der Waals surface area contributed by atoms with Crippen LogP contribution in [0.1, 0.15) is 0 Å². The number of hydrogen-bond donors (Lipinski definition) is 2. The lowest BCUT2D eigenvalue weighted by molar-refractivity contribution is 1.01. The van der Waals surface area contributed by atoms with Crippen LogP contribution in [-0.4, -0.2) is 15.2 Å². The third kappa shape index (κ3) is 0.958. The van der Waals surface area contributed by atoms with Crippen molar-refractivity contribution in [3.8, 4) is 0 Å². The Morgan fingerprint density at radius 2 is 2.07 bits per heavy atom. The minimum absolute atomic E-state index is 0.226. The fraction of sp³-hybridized carbons (Fsp3) is 0. The van der Waals surface area contributed by atoms with E-state index in [2.05, 4.69) is 15.2 Å². The Morgan fingerprint density at radius 3 is 3.00 bits per heavy atom. The summed E-state index contributed by atoms with van der Waals surface area (Å²) < 4.78 is 0. The van der Waals surface area contributed by atoms with Crippen molar-refractivity contribution < 1.29 is 0 Å². The number of hydrogen-bond acceptors (Lipinski definition) is 4. The van der Waals surface area contributed by atoms with E-state index in [9.17, 15) is 0 Å². The maximum absolute atomic E-state index is 7.38. The molecule has 0 amide bonds. The van der Waals surface area contributed by atoms with Crippen molar-refractivity contribution in [1.82, 2.24) is 15.2 Å². The number of aromatic amines is 1. The predicted molar refractivity (Wildman–Crippen MR) is 55.1 cm³/mol. The molecule has 14 heavy (non-hydrogen) atoms. The van der Waals surface area contributed by atoms with Crippen LogP contribution < -0.4 is 4.80 Å². The molecule has 0 bridgehead atoms. The van der Waals surface area contributed by atoms with Crippen LogP contribution in [0.2, 0.25) is 0 Å². The number of aromatic nitrogens is 3. The van der Waals surface area contributed by atoms with E-state index in [-0.39, 0.29) is 4.80 Å². The Morgan fingerprint density at radius 1 is 1.21 bits per heavy atom. The van der Waals surface area contributed by atoms with Crippen molar-refractivity contribution >= 4 is 32.6 Å². The minimum atomic E-state index is 0.226. The number of rotatable bonds is 0. The van der Waals surface area contributed by atoms with Gasteiger partial charge in [-0.3, -0.25) is 5.41 Å². The molecule has 2 N–H and O–H groups in total. The lowest BCUT2D eigenvalue weighted by Gasteiger charge is -1.85. The number of para-hydroxylation sites is 1. The van der Waals surface area contributed by atoms with Crippen LogP contribution in [0.25, 0.3) is 21.3 Å². The van der Waals surface area contributed by atoms with Crippen LogP contribution in [-0.2, 0) is 0 Å². The Labute approximate surface area is 82.7 Å². The summed E-state index contributed by atoms with van der Waals surface area (Å²) >= 11 is 1.30. The summed E-state index contributed by atoms with van der Waals surface area (Å²) in [5.41, 5.74) is 1.89. The van der Waals surface area contributed by atoms with Gasteiger partial charge < -0.3 is 4.98 Å². The van der Waals surface area contributed by atoms with E-state index in [0.29, 0.717) is 0 Å². The highest BCUT2D eigenvalue weighted by molar-refractivity contribution is 7.15. The first-order valence-corrected chi connectivity index (χ1v) is 4.95. The average molecular weight is 202 g/mol. The molecule has 0 aliphatic carbocycles. The molecular formula is C9H6N4S. The van der Waals surface area contributed by atoms with Gasteiger partial charge in [-0.15, -0.1) is 10.2 Å².